The molecule has 0 radical (unpaired) electrons. The molecule has 2 N–H and O–H groups in total. The van der Waals surface area contributed by atoms with E-state index < -0.39 is 0 Å². The zero-order valence-corrected chi connectivity index (χ0v) is 11.9. The van der Waals surface area contributed by atoms with E-state index in [1.165, 1.54) is 0 Å². The van der Waals surface area contributed by atoms with Crippen LogP contribution in [0.5, 0.6) is 0 Å². The summed E-state index contributed by atoms with van der Waals surface area (Å²) in [5.41, 5.74) is 1.33. The van der Waals surface area contributed by atoms with Crippen LogP contribution >= 0.6 is 23.8 Å². The van der Waals surface area contributed by atoms with E-state index in [0.29, 0.717) is 15.2 Å². The number of rotatable bonds is 3. The number of carbonyl (C=O) groups is 1. The lowest BCUT2D eigenvalue weighted by Gasteiger charge is -2.15. The van der Waals surface area contributed by atoms with Crippen LogP contribution in [-0.2, 0) is 0 Å². The zero-order chi connectivity index (χ0) is 13.8. The van der Waals surface area contributed by atoms with Gasteiger partial charge in [-0.15, -0.1) is 0 Å². The first kappa shape index (κ1) is 13.8. The molecule has 2 rings (SSSR count). The van der Waals surface area contributed by atoms with Crippen LogP contribution in [0.2, 0.25) is 5.02 Å². The van der Waals surface area contributed by atoms with Crippen LogP contribution in [-0.4, -0.2) is 10.9 Å². The minimum atomic E-state index is -0.214. The highest BCUT2D eigenvalue weighted by Gasteiger charge is 2.14. The predicted molar refractivity (Wildman–Crippen MR) is 79.0 cm³/mol. The Kier molecular flexibility index (Phi) is 4.35. The van der Waals surface area contributed by atoms with Crippen molar-refractivity contribution in [2.75, 3.05) is 0 Å². The highest BCUT2D eigenvalue weighted by atomic mass is 35.5. The second kappa shape index (κ2) is 5.99. The van der Waals surface area contributed by atoms with Gasteiger partial charge in [-0.2, -0.15) is 0 Å². The Morgan fingerprint density at radius 2 is 2.05 bits per heavy atom. The minimum Gasteiger partial charge on any atom is -0.352 e. The summed E-state index contributed by atoms with van der Waals surface area (Å²) in [4.78, 5) is 15.0. The first-order valence-corrected chi connectivity index (χ1v) is 6.61. The Balaban J connectivity index is 2.18. The number of nitrogens with one attached hydrogen (secondary N) is 2. The van der Waals surface area contributed by atoms with Gasteiger partial charge in [-0.25, -0.2) is 0 Å². The molecule has 0 unspecified atom stereocenters. The highest BCUT2D eigenvalue weighted by Crippen LogP contribution is 2.22. The van der Waals surface area contributed by atoms with Crippen LogP contribution in [0.1, 0.15) is 28.9 Å². The van der Waals surface area contributed by atoms with Gasteiger partial charge in [-0.3, -0.25) is 4.79 Å². The Labute approximate surface area is 121 Å². The van der Waals surface area contributed by atoms with Crippen LogP contribution in [0.4, 0.5) is 0 Å². The second-order valence-electron chi connectivity index (χ2n) is 4.13. The Hall–Kier alpha value is -1.65. The van der Waals surface area contributed by atoms with Crippen LogP contribution in [0, 0.1) is 4.64 Å². The van der Waals surface area contributed by atoms with Gasteiger partial charge in [0.1, 0.15) is 4.64 Å². The minimum absolute atomic E-state index is 0.184. The molecule has 1 atom stereocenters. The molecule has 2 aromatic rings. The maximum Gasteiger partial charge on any atom is 0.254 e. The average molecular weight is 293 g/mol. The molecule has 0 saturated carbocycles. The molecule has 3 nitrogen and oxygen atoms in total. The van der Waals surface area contributed by atoms with Crippen molar-refractivity contribution in [3.63, 3.8) is 0 Å². The first-order valence-electron chi connectivity index (χ1n) is 5.82. The quantitative estimate of drug-likeness (QED) is 0.843. The third kappa shape index (κ3) is 3.22. The molecule has 1 heterocycles. The van der Waals surface area contributed by atoms with Gasteiger partial charge >= 0.3 is 0 Å². The molecule has 0 spiro atoms. The van der Waals surface area contributed by atoms with E-state index in [1.807, 2.05) is 25.1 Å². The summed E-state index contributed by atoms with van der Waals surface area (Å²) in [6, 6.07) is 10.7. The summed E-state index contributed by atoms with van der Waals surface area (Å²) < 4.78 is 0.423. The Morgan fingerprint density at radius 1 is 1.32 bits per heavy atom. The van der Waals surface area contributed by atoms with Gasteiger partial charge in [-0.05, 0) is 30.7 Å². The van der Waals surface area contributed by atoms with Gasteiger partial charge in [0.15, 0.2) is 0 Å². The lowest BCUT2D eigenvalue weighted by molar-refractivity contribution is 0.0939. The van der Waals surface area contributed by atoms with E-state index in [1.54, 1.807) is 24.4 Å². The van der Waals surface area contributed by atoms with Crippen LogP contribution in [0.25, 0.3) is 0 Å². The fourth-order valence-electron chi connectivity index (χ4n) is 1.78. The van der Waals surface area contributed by atoms with E-state index >= 15 is 0 Å². The van der Waals surface area contributed by atoms with E-state index in [4.69, 9.17) is 23.8 Å². The summed E-state index contributed by atoms with van der Waals surface area (Å²) in [5, 5.41) is 3.52. The molecule has 0 fully saturated rings. The Morgan fingerprint density at radius 3 is 2.74 bits per heavy atom. The van der Waals surface area contributed by atoms with Gasteiger partial charge in [-0.1, -0.05) is 42.0 Å². The molecule has 98 valence electrons. The topological polar surface area (TPSA) is 44.9 Å². The van der Waals surface area contributed by atoms with Crippen LogP contribution < -0.4 is 5.32 Å². The standard InChI is InChI=1S/C14H13ClN2OS/c1-9(10-5-2-3-7-12(10)15)17-13(18)11-6-4-8-16-14(11)19/h2-9H,1H3,(H,16,19)(H,17,18)/t9-/m1/s1. The summed E-state index contributed by atoms with van der Waals surface area (Å²) in [7, 11) is 0. The van der Waals surface area contributed by atoms with Gasteiger partial charge in [0.2, 0.25) is 0 Å². The SMILES string of the molecule is C[C@@H](NC(=O)c1ccc[nH]c1=S)c1ccccc1Cl. The number of carbonyl (C=O) groups excluding carboxylic acids is 1. The highest BCUT2D eigenvalue weighted by molar-refractivity contribution is 7.71. The predicted octanol–water partition coefficient (Wildman–Crippen LogP) is 3.89. The number of pyridine rings is 1. The number of aromatic amines is 1. The maximum absolute atomic E-state index is 12.1. The number of H-pyrrole nitrogens is 1. The summed E-state index contributed by atoms with van der Waals surface area (Å²) in [6.07, 6.45) is 1.69. The number of amides is 1. The van der Waals surface area contributed by atoms with Crippen molar-refractivity contribution in [1.82, 2.24) is 10.3 Å². The van der Waals surface area contributed by atoms with E-state index in [-0.39, 0.29) is 11.9 Å². The van der Waals surface area contributed by atoms with Crippen molar-refractivity contribution >= 4 is 29.7 Å². The smallest absolute Gasteiger partial charge is 0.254 e. The summed E-state index contributed by atoms with van der Waals surface area (Å²) >= 11 is 11.2. The van der Waals surface area contributed by atoms with Gasteiger partial charge < -0.3 is 10.3 Å². The third-order valence-electron chi connectivity index (χ3n) is 2.78. The van der Waals surface area contributed by atoms with Crippen molar-refractivity contribution in [3.05, 3.63) is 63.4 Å². The Bertz CT molecular complexity index is 654. The molecule has 0 saturated heterocycles. The lowest BCUT2D eigenvalue weighted by Crippen LogP contribution is -2.27. The van der Waals surface area contributed by atoms with E-state index in [9.17, 15) is 4.79 Å². The van der Waals surface area contributed by atoms with E-state index in [0.717, 1.165) is 5.56 Å². The molecular weight excluding hydrogens is 280 g/mol. The van der Waals surface area contributed by atoms with Crippen molar-refractivity contribution in [3.8, 4) is 0 Å². The molecule has 5 heteroatoms. The summed E-state index contributed by atoms with van der Waals surface area (Å²) in [5.74, 6) is -0.214. The largest absolute Gasteiger partial charge is 0.352 e. The first-order chi connectivity index (χ1) is 9.09. The number of hydrogen-bond donors (Lipinski definition) is 2. The van der Waals surface area contributed by atoms with Crippen molar-refractivity contribution in [1.29, 1.82) is 0 Å². The number of hydrogen-bond acceptors (Lipinski definition) is 2. The van der Waals surface area contributed by atoms with Gasteiger partial charge in [0.05, 0.1) is 11.6 Å². The fourth-order valence-corrected chi connectivity index (χ4v) is 2.31. The molecule has 19 heavy (non-hydrogen) atoms. The van der Waals surface area contributed by atoms with Gasteiger partial charge in [0.25, 0.3) is 5.91 Å². The van der Waals surface area contributed by atoms with Crippen LogP contribution in [0.15, 0.2) is 42.6 Å². The molecule has 1 aromatic heterocycles. The molecule has 0 aliphatic carbocycles. The normalized spacial score (nSPS) is 11.9. The molecular formula is C14H13ClN2OS. The number of benzene rings is 1. The molecule has 0 bridgehead atoms. The third-order valence-corrected chi connectivity index (χ3v) is 3.46. The number of aromatic nitrogens is 1. The maximum atomic E-state index is 12.1. The summed E-state index contributed by atoms with van der Waals surface area (Å²) in [6.45, 7) is 1.88. The average Bonchev–Trinajstić information content (AvgIpc) is 2.39. The van der Waals surface area contributed by atoms with E-state index in [2.05, 4.69) is 10.3 Å². The molecule has 0 aliphatic rings. The second-order valence-corrected chi connectivity index (χ2v) is 4.95. The lowest BCUT2D eigenvalue weighted by atomic mass is 10.1. The van der Waals surface area contributed by atoms with Crippen molar-refractivity contribution < 1.29 is 4.79 Å². The number of halogens is 1. The monoisotopic (exact) mass is 292 g/mol. The van der Waals surface area contributed by atoms with Crippen LogP contribution in [0.3, 0.4) is 0 Å². The van der Waals surface area contributed by atoms with Crippen molar-refractivity contribution in [2.45, 2.75) is 13.0 Å². The zero-order valence-electron chi connectivity index (χ0n) is 10.3. The van der Waals surface area contributed by atoms with Gasteiger partial charge in [0, 0.05) is 11.2 Å². The molecule has 1 aromatic carbocycles. The molecule has 0 aliphatic heterocycles. The molecule has 1 amide bonds. The van der Waals surface area contributed by atoms with Crippen molar-refractivity contribution in [2.24, 2.45) is 0 Å². The fraction of sp³-hybridized carbons (Fsp3) is 0.143.